The molecule has 0 spiro atoms. The lowest BCUT2D eigenvalue weighted by atomic mass is 10.1. The molecule has 1 aromatic heterocycles. The Morgan fingerprint density at radius 2 is 1.57 bits per heavy atom. The first-order chi connectivity index (χ1) is 10.2. The minimum Gasteiger partial charge on any atom is -0.472 e. The molecule has 4 heteroatoms. The topological polar surface area (TPSA) is 46.1 Å². The van der Waals surface area contributed by atoms with Crippen LogP contribution in [0.2, 0.25) is 0 Å². The third-order valence-electron chi connectivity index (χ3n) is 4.02. The van der Waals surface area contributed by atoms with Crippen LogP contribution in [0.15, 0.2) is 12.4 Å². The highest BCUT2D eigenvalue weighted by Gasteiger charge is 2.21. The van der Waals surface area contributed by atoms with Crippen LogP contribution in [0.4, 0.5) is 0 Å². The van der Waals surface area contributed by atoms with Crippen LogP contribution >= 0.6 is 0 Å². The van der Waals surface area contributed by atoms with Gasteiger partial charge in [0.05, 0.1) is 13.6 Å². The number of carboxylic acids is 1. The summed E-state index contributed by atoms with van der Waals surface area (Å²) in [6, 6.07) is 0. The molecule has 4 nitrogen and oxygen atoms in total. The van der Waals surface area contributed by atoms with E-state index in [9.17, 15) is 4.79 Å². The second kappa shape index (κ2) is 10.4. The Labute approximate surface area is 128 Å². The van der Waals surface area contributed by atoms with Gasteiger partial charge in [0.1, 0.15) is 12.4 Å². The summed E-state index contributed by atoms with van der Waals surface area (Å²) in [5.41, 5.74) is 0. The van der Waals surface area contributed by atoms with Gasteiger partial charge in [-0.1, -0.05) is 58.3 Å². The third-order valence-corrected chi connectivity index (χ3v) is 4.02. The molecule has 0 aliphatic heterocycles. The molecule has 0 aromatic carbocycles. The lowest BCUT2D eigenvalue weighted by Crippen LogP contribution is -2.35. The number of carbonyl (C=O) groups is 1. The number of aromatic carboxylic acids is 1. The molecule has 0 aliphatic rings. The van der Waals surface area contributed by atoms with Gasteiger partial charge >= 0.3 is 11.8 Å². The van der Waals surface area contributed by atoms with E-state index in [0.29, 0.717) is 5.82 Å². The molecule has 0 amide bonds. The van der Waals surface area contributed by atoms with Gasteiger partial charge in [0, 0.05) is 0 Å². The standard InChI is InChI=1S/C17H30N2O2/c1-3-4-5-6-7-8-9-10-11-12-13-19-15-14-18(2)16(19)17(20)21/h14-15H,3-13H2,1-2H3/p+1. The number of aromatic nitrogens is 2. The van der Waals surface area contributed by atoms with Crippen molar-refractivity contribution >= 4 is 5.97 Å². The fourth-order valence-electron chi connectivity index (χ4n) is 2.75. The molecular formula is C17H31N2O2+. The fraction of sp³-hybridized carbons (Fsp3) is 0.765. The summed E-state index contributed by atoms with van der Waals surface area (Å²) in [6.45, 7) is 3.06. The average molecular weight is 295 g/mol. The van der Waals surface area contributed by atoms with Crippen molar-refractivity contribution in [1.29, 1.82) is 0 Å². The maximum atomic E-state index is 11.1. The van der Waals surface area contributed by atoms with Crippen molar-refractivity contribution < 1.29 is 14.5 Å². The van der Waals surface area contributed by atoms with E-state index < -0.39 is 5.97 Å². The molecule has 0 fully saturated rings. The van der Waals surface area contributed by atoms with E-state index in [2.05, 4.69) is 6.92 Å². The van der Waals surface area contributed by atoms with Crippen LogP contribution in [0.3, 0.4) is 0 Å². The van der Waals surface area contributed by atoms with E-state index >= 15 is 0 Å². The predicted octanol–water partition coefficient (Wildman–Crippen LogP) is 3.93. The van der Waals surface area contributed by atoms with Crippen LogP contribution in [0.1, 0.15) is 81.8 Å². The van der Waals surface area contributed by atoms with E-state index in [1.807, 2.05) is 10.8 Å². The number of nitrogens with zero attached hydrogens (tertiary/aromatic N) is 2. The van der Waals surface area contributed by atoms with Crippen LogP contribution in [-0.2, 0) is 13.6 Å². The molecule has 1 heterocycles. The number of unbranched alkanes of at least 4 members (excludes halogenated alkanes) is 9. The maximum Gasteiger partial charge on any atom is 0.419 e. The Kier molecular flexibility index (Phi) is 8.79. The predicted molar refractivity (Wildman–Crippen MR) is 84.4 cm³/mol. The van der Waals surface area contributed by atoms with Crippen molar-refractivity contribution in [3.8, 4) is 0 Å². The summed E-state index contributed by atoms with van der Waals surface area (Å²) >= 11 is 0. The Morgan fingerprint density at radius 1 is 1.05 bits per heavy atom. The molecule has 21 heavy (non-hydrogen) atoms. The van der Waals surface area contributed by atoms with Crippen LogP contribution in [-0.4, -0.2) is 15.6 Å². The summed E-state index contributed by atoms with van der Waals surface area (Å²) < 4.78 is 3.51. The van der Waals surface area contributed by atoms with Gasteiger partial charge in [-0.05, 0) is 12.8 Å². The zero-order chi connectivity index (χ0) is 15.5. The molecular weight excluding hydrogens is 264 g/mol. The molecule has 0 bridgehead atoms. The van der Waals surface area contributed by atoms with Crippen molar-refractivity contribution in [2.24, 2.45) is 7.05 Å². The van der Waals surface area contributed by atoms with E-state index in [1.165, 1.54) is 57.8 Å². The second-order valence-electron chi connectivity index (χ2n) is 5.91. The summed E-state index contributed by atoms with van der Waals surface area (Å²) in [5, 5.41) is 9.16. The number of hydrogen-bond acceptors (Lipinski definition) is 1. The Hall–Kier alpha value is -1.32. The van der Waals surface area contributed by atoms with Gasteiger partial charge in [0.25, 0.3) is 0 Å². The van der Waals surface area contributed by atoms with Gasteiger partial charge in [-0.15, -0.1) is 0 Å². The zero-order valence-electron chi connectivity index (χ0n) is 13.7. The van der Waals surface area contributed by atoms with E-state index in [4.69, 9.17) is 5.11 Å². The van der Waals surface area contributed by atoms with Gasteiger partial charge in [0.2, 0.25) is 0 Å². The van der Waals surface area contributed by atoms with Crippen molar-refractivity contribution in [2.45, 2.75) is 77.7 Å². The number of aryl methyl sites for hydroxylation is 2. The van der Waals surface area contributed by atoms with Crippen LogP contribution in [0.5, 0.6) is 0 Å². The highest BCUT2D eigenvalue weighted by atomic mass is 16.4. The fourth-order valence-corrected chi connectivity index (χ4v) is 2.75. The van der Waals surface area contributed by atoms with Gasteiger partial charge < -0.3 is 5.11 Å². The molecule has 0 atom stereocenters. The Bertz CT molecular complexity index is 413. The van der Waals surface area contributed by atoms with Crippen molar-refractivity contribution in [3.05, 3.63) is 18.2 Å². The summed E-state index contributed by atoms with van der Waals surface area (Å²) in [6.07, 6.45) is 16.7. The van der Waals surface area contributed by atoms with Crippen molar-refractivity contribution in [3.63, 3.8) is 0 Å². The quantitative estimate of drug-likeness (QED) is 0.469. The number of hydrogen-bond donors (Lipinski definition) is 1. The largest absolute Gasteiger partial charge is 0.472 e. The van der Waals surface area contributed by atoms with E-state index in [0.717, 1.165) is 13.0 Å². The SMILES string of the molecule is CCCCCCCCCCCCn1cc[n+](C)c1C(=O)O. The molecule has 0 aliphatic carbocycles. The highest BCUT2D eigenvalue weighted by molar-refractivity contribution is 5.81. The Balaban J connectivity index is 2.06. The molecule has 0 saturated heterocycles. The van der Waals surface area contributed by atoms with Gasteiger partial charge in [0.15, 0.2) is 0 Å². The highest BCUT2D eigenvalue weighted by Crippen LogP contribution is 2.11. The minimum atomic E-state index is -0.852. The molecule has 0 unspecified atom stereocenters. The second-order valence-corrected chi connectivity index (χ2v) is 5.91. The third kappa shape index (κ3) is 6.78. The molecule has 1 N–H and O–H groups in total. The van der Waals surface area contributed by atoms with Crippen molar-refractivity contribution in [2.75, 3.05) is 0 Å². The molecule has 1 rings (SSSR count). The summed E-state index contributed by atoms with van der Waals surface area (Å²) in [5.74, 6) is -0.486. The summed E-state index contributed by atoms with van der Waals surface area (Å²) in [4.78, 5) is 11.1. The molecule has 0 radical (unpaired) electrons. The smallest absolute Gasteiger partial charge is 0.419 e. The van der Waals surface area contributed by atoms with E-state index in [1.54, 1.807) is 17.8 Å². The van der Waals surface area contributed by atoms with E-state index in [-0.39, 0.29) is 0 Å². The number of imidazole rings is 1. The van der Waals surface area contributed by atoms with Crippen LogP contribution < -0.4 is 4.57 Å². The average Bonchev–Trinajstić information content (AvgIpc) is 2.82. The lowest BCUT2D eigenvalue weighted by Gasteiger charge is -2.02. The first kappa shape index (κ1) is 17.7. The normalized spacial score (nSPS) is 11.0. The van der Waals surface area contributed by atoms with Crippen LogP contribution in [0.25, 0.3) is 0 Å². The molecule has 1 aromatic rings. The first-order valence-electron chi connectivity index (χ1n) is 8.45. The monoisotopic (exact) mass is 295 g/mol. The van der Waals surface area contributed by atoms with Crippen LogP contribution in [0, 0.1) is 0 Å². The lowest BCUT2D eigenvalue weighted by molar-refractivity contribution is -0.673. The maximum absolute atomic E-state index is 11.1. The van der Waals surface area contributed by atoms with Gasteiger partial charge in [-0.25, -0.2) is 13.9 Å². The number of rotatable bonds is 12. The molecule has 120 valence electrons. The van der Waals surface area contributed by atoms with Gasteiger partial charge in [-0.3, -0.25) is 0 Å². The van der Waals surface area contributed by atoms with Crippen molar-refractivity contribution in [1.82, 2.24) is 4.57 Å². The minimum absolute atomic E-state index is 0.367. The van der Waals surface area contributed by atoms with Gasteiger partial charge in [-0.2, -0.15) is 0 Å². The number of carboxylic acid groups (broad SMARTS) is 1. The summed E-state index contributed by atoms with van der Waals surface area (Å²) in [7, 11) is 1.78. The zero-order valence-corrected chi connectivity index (χ0v) is 13.7. The Morgan fingerprint density at radius 3 is 2.10 bits per heavy atom. The first-order valence-corrected chi connectivity index (χ1v) is 8.45. The molecule has 0 saturated carbocycles.